The topological polar surface area (TPSA) is 73.1 Å². The third-order valence-corrected chi connectivity index (χ3v) is 5.37. The third kappa shape index (κ3) is 7.03. The van der Waals surface area contributed by atoms with Gasteiger partial charge >= 0.3 is 12.4 Å². The van der Waals surface area contributed by atoms with E-state index in [0.29, 0.717) is 36.7 Å². The van der Waals surface area contributed by atoms with Crippen molar-refractivity contribution >= 4 is 6.03 Å². The molecule has 0 bridgehead atoms. The molecule has 0 saturated carbocycles. The van der Waals surface area contributed by atoms with E-state index in [2.05, 4.69) is 33.8 Å². The van der Waals surface area contributed by atoms with E-state index in [1.807, 2.05) is 12.1 Å². The minimum atomic E-state index is -4.76. The number of alkyl halides is 3. The van der Waals surface area contributed by atoms with Crippen molar-refractivity contribution in [2.75, 3.05) is 13.1 Å². The molecular formula is C23H26F3N5O2. The Morgan fingerprint density at radius 3 is 2.36 bits per heavy atom. The lowest BCUT2D eigenvalue weighted by molar-refractivity contribution is -0.274. The second kappa shape index (κ2) is 10.9. The molecule has 3 aromatic rings. The maximum absolute atomic E-state index is 13.2. The number of hydrogen-bond donors (Lipinski definition) is 0. The van der Waals surface area contributed by atoms with E-state index in [-0.39, 0.29) is 11.8 Å². The summed E-state index contributed by atoms with van der Waals surface area (Å²) in [6, 6.07) is 8.73. The van der Waals surface area contributed by atoms with Crippen molar-refractivity contribution in [2.24, 2.45) is 5.92 Å². The second-order valence-corrected chi connectivity index (χ2v) is 7.61. The number of carbonyl (C=O) groups excluding carboxylic acids is 1. The van der Waals surface area contributed by atoms with E-state index in [9.17, 15) is 18.0 Å². The number of nitrogens with zero attached hydrogens (tertiary/aromatic N) is 5. The highest BCUT2D eigenvalue weighted by molar-refractivity contribution is 5.75. The highest BCUT2D eigenvalue weighted by Gasteiger charge is 2.31. The monoisotopic (exact) mass is 461 g/mol. The quantitative estimate of drug-likeness (QED) is 0.439. The molecule has 7 nitrogen and oxygen atoms in total. The van der Waals surface area contributed by atoms with Crippen LogP contribution in [0.4, 0.5) is 18.0 Å². The smallest absolute Gasteiger partial charge is 0.406 e. The van der Waals surface area contributed by atoms with Crippen LogP contribution in [0.2, 0.25) is 0 Å². The molecule has 0 spiro atoms. The lowest BCUT2D eigenvalue weighted by Crippen LogP contribution is -2.40. The second-order valence-electron chi connectivity index (χ2n) is 7.61. The molecule has 2 aromatic heterocycles. The molecule has 0 aliphatic rings. The average molecular weight is 461 g/mol. The first-order valence-electron chi connectivity index (χ1n) is 10.8. The number of rotatable bonds is 9. The summed E-state index contributed by atoms with van der Waals surface area (Å²) in [5.74, 6) is 0.0183. The van der Waals surface area contributed by atoms with E-state index in [1.165, 1.54) is 30.5 Å². The predicted octanol–water partition coefficient (Wildman–Crippen LogP) is 5.19. The van der Waals surface area contributed by atoms with E-state index < -0.39 is 6.36 Å². The summed E-state index contributed by atoms with van der Waals surface area (Å²) < 4.78 is 40.9. The molecule has 176 valence electrons. The standard InChI is InChI=1S/C23H26F3N5O2/c1-3-17(4-2)16-30(14-11-18-9-12-27-13-10-18)22(32)31-28-15-21(29-31)19-5-7-20(8-6-19)33-23(24,25)26/h5-10,12-13,15,17H,3-4,11,14,16H2,1-2H3. The third-order valence-electron chi connectivity index (χ3n) is 5.37. The molecule has 0 unspecified atom stereocenters. The van der Waals surface area contributed by atoms with E-state index >= 15 is 0 Å². The van der Waals surface area contributed by atoms with Crippen LogP contribution >= 0.6 is 0 Å². The molecule has 0 N–H and O–H groups in total. The lowest BCUT2D eigenvalue weighted by Gasteiger charge is -2.26. The molecule has 33 heavy (non-hydrogen) atoms. The van der Waals surface area contributed by atoms with E-state index in [4.69, 9.17) is 0 Å². The summed E-state index contributed by atoms with van der Waals surface area (Å²) in [6.45, 7) is 5.27. The molecule has 3 rings (SSSR count). The largest absolute Gasteiger partial charge is 0.573 e. The van der Waals surface area contributed by atoms with Crippen molar-refractivity contribution < 1.29 is 22.7 Å². The van der Waals surface area contributed by atoms with Gasteiger partial charge in [-0.25, -0.2) is 4.79 Å². The highest BCUT2D eigenvalue weighted by Crippen LogP contribution is 2.25. The molecule has 10 heteroatoms. The van der Waals surface area contributed by atoms with Crippen molar-refractivity contribution in [3.8, 4) is 17.0 Å². The Bertz CT molecular complexity index is 1020. The zero-order valence-electron chi connectivity index (χ0n) is 18.5. The van der Waals surface area contributed by atoms with Gasteiger partial charge in [-0.15, -0.1) is 18.3 Å². The fraction of sp³-hybridized carbons (Fsp3) is 0.391. The Hall–Kier alpha value is -3.43. The maximum Gasteiger partial charge on any atom is 0.573 e. The number of amides is 1. The van der Waals surface area contributed by atoms with Crippen LogP contribution in [0.1, 0.15) is 32.3 Å². The molecule has 0 aliphatic heterocycles. The molecule has 0 saturated heterocycles. The normalized spacial score (nSPS) is 11.6. The van der Waals surface area contributed by atoms with E-state index in [1.54, 1.807) is 17.3 Å². The summed E-state index contributed by atoms with van der Waals surface area (Å²) in [7, 11) is 0. The molecule has 0 aliphatic carbocycles. The van der Waals surface area contributed by atoms with Gasteiger partial charge in [0.15, 0.2) is 0 Å². The number of halogens is 3. The van der Waals surface area contributed by atoms with Gasteiger partial charge in [0.25, 0.3) is 0 Å². The Balaban J connectivity index is 1.74. The average Bonchev–Trinajstić information content (AvgIpc) is 3.29. The summed E-state index contributed by atoms with van der Waals surface area (Å²) in [4.78, 5) is 20.0. The van der Waals surface area contributed by atoms with Crippen LogP contribution in [0, 0.1) is 5.92 Å². The molecule has 2 heterocycles. The molecular weight excluding hydrogens is 435 g/mol. The van der Waals surface area contributed by atoms with Crippen molar-refractivity contribution in [3.05, 3.63) is 60.6 Å². The first-order valence-corrected chi connectivity index (χ1v) is 10.8. The Morgan fingerprint density at radius 2 is 1.76 bits per heavy atom. The van der Waals surface area contributed by atoms with Crippen LogP contribution in [-0.4, -0.2) is 50.4 Å². The lowest BCUT2D eigenvalue weighted by atomic mass is 10.0. The van der Waals surface area contributed by atoms with E-state index in [0.717, 1.165) is 23.2 Å². The maximum atomic E-state index is 13.2. The first-order chi connectivity index (χ1) is 15.8. The fourth-order valence-electron chi connectivity index (χ4n) is 3.38. The predicted molar refractivity (Wildman–Crippen MR) is 117 cm³/mol. The molecule has 0 atom stereocenters. The number of pyridine rings is 1. The highest BCUT2D eigenvalue weighted by atomic mass is 19.4. The van der Waals surface area contributed by atoms with Crippen LogP contribution in [-0.2, 0) is 6.42 Å². The number of benzene rings is 1. The van der Waals surface area contributed by atoms with Crippen molar-refractivity contribution in [3.63, 3.8) is 0 Å². The van der Waals surface area contributed by atoms with Gasteiger partial charge in [-0.1, -0.05) is 31.5 Å². The number of carbonyl (C=O) groups is 1. The van der Waals surface area contributed by atoms with Crippen molar-refractivity contribution in [2.45, 2.75) is 39.5 Å². The minimum Gasteiger partial charge on any atom is -0.406 e. The Kier molecular flexibility index (Phi) is 8.02. The molecule has 1 aromatic carbocycles. The Labute approximate surface area is 190 Å². The van der Waals surface area contributed by atoms with Crippen molar-refractivity contribution in [1.82, 2.24) is 24.9 Å². The molecule has 0 radical (unpaired) electrons. The number of hydrogen-bond acceptors (Lipinski definition) is 5. The van der Waals surface area contributed by atoms with Crippen LogP contribution in [0.5, 0.6) is 5.75 Å². The molecule has 1 amide bonds. The van der Waals surface area contributed by atoms with Crippen LogP contribution < -0.4 is 4.74 Å². The van der Waals surface area contributed by atoms with Gasteiger partial charge in [0.1, 0.15) is 11.4 Å². The zero-order valence-corrected chi connectivity index (χ0v) is 18.5. The first kappa shape index (κ1) is 24.2. The zero-order chi connectivity index (χ0) is 23.8. The summed E-state index contributed by atoms with van der Waals surface area (Å²) in [5, 5.41) is 8.36. The molecule has 0 fully saturated rings. The fourth-order valence-corrected chi connectivity index (χ4v) is 3.38. The summed E-state index contributed by atoms with van der Waals surface area (Å²) in [5.41, 5.74) is 1.97. The van der Waals surface area contributed by atoms with Gasteiger partial charge in [0.05, 0.1) is 6.20 Å². The summed E-state index contributed by atoms with van der Waals surface area (Å²) in [6.07, 6.45) is 2.65. The number of aromatic nitrogens is 4. The van der Waals surface area contributed by atoms with Crippen LogP contribution in [0.3, 0.4) is 0 Å². The van der Waals surface area contributed by atoms with Gasteiger partial charge < -0.3 is 9.64 Å². The van der Waals surface area contributed by atoms with Crippen LogP contribution in [0.25, 0.3) is 11.3 Å². The van der Waals surface area contributed by atoms with Gasteiger partial charge in [0, 0.05) is 31.0 Å². The minimum absolute atomic E-state index is 0.331. The van der Waals surface area contributed by atoms with Gasteiger partial charge in [0.2, 0.25) is 0 Å². The van der Waals surface area contributed by atoms with Gasteiger partial charge in [-0.2, -0.15) is 5.10 Å². The van der Waals surface area contributed by atoms with Gasteiger partial charge in [-0.05, 0) is 54.3 Å². The SMILES string of the molecule is CCC(CC)CN(CCc1ccncc1)C(=O)n1ncc(-c2ccc(OC(F)(F)F)cc2)n1. The Morgan fingerprint density at radius 1 is 1.09 bits per heavy atom. The van der Waals surface area contributed by atoms with Crippen molar-refractivity contribution in [1.29, 1.82) is 0 Å². The van der Waals surface area contributed by atoms with Gasteiger partial charge in [-0.3, -0.25) is 4.98 Å². The van der Waals surface area contributed by atoms with Crippen LogP contribution in [0.15, 0.2) is 55.0 Å². The number of ether oxygens (including phenoxy) is 1. The summed E-state index contributed by atoms with van der Waals surface area (Å²) >= 11 is 0.